The number of anilines is 1. The number of nitriles is 1. The molecule has 0 saturated carbocycles. The highest BCUT2D eigenvalue weighted by molar-refractivity contribution is 6.31. The molecule has 0 spiro atoms. The fourth-order valence-corrected chi connectivity index (χ4v) is 2.20. The van der Waals surface area contributed by atoms with Crippen molar-refractivity contribution in [3.05, 3.63) is 47.2 Å². The molecule has 2 rings (SSSR count). The highest BCUT2D eigenvalue weighted by atomic mass is 35.5. The van der Waals surface area contributed by atoms with Crippen LogP contribution in [0.3, 0.4) is 0 Å². The SMILES string of the molecule is COc1ccc(N=CC(C#N)C(=O)Nc2ccc(F)c(Cl)c2)cc1OC. The monoisotopic (exact) mass is 375 g/mol. The molecule has 0 radical (unpaired) electrons. The Hall–Kier alpha value is -3.11. The van der Waals surface area contributed by atoms with Gasteiger partial charge in [-0.25, -0.2) is 4.39 Å². The van der Waals surface area contributed by atoms with Gasteiger partial charge in [0.05, 0.1) is 31.0 Å². The summed E-state index contributed by atoms with van der Waals surface area (Å²) in [5.41, 5.74) is 0.765. The highest BCUT2D eigenvalue weighted by Gasteiger charge is 2.16. The quantitative estimate of drug-likeness (QED) is 0.774. The number of hydrogen-bond acceptors (Lipinski definition) is 5. The van der Waals surface area contributed by atoms with E-state index in [1.165, 1.54) is 32.6 Å². The Labute approximate surface area is 154 Å². The summed E-state index contributed by atoms with van der Waals surface area (Å²) < 4.78 is 23.4. The zero-order valence-corrected chi connectivity index (χ0v) is 14.7. The number of rotatable bonds is 6. The lowest BCUT2D eigenvalue weighted by molar-refractivity contribution is -0.116. The van der Waals surface area contributed by atoms with Crippen LogP contribution in [0.4, 0.5) is 15.8 Å². The van der Waals surface area contributed by atoms with Crippen LogP contribution in [0.25, 0.3) is 0 Å². The molecule has 0 bridgehead atoms. The molecular formula is C18H15ClFN3O3. The van der Waals surface area contributed by atoms with Crippen molar-refractivity contribution in [1.29, 1.82) is 5.26 Å². The second kappa shape index (κ2) is 8.83. The maximum Gasteiger partial charge on any atom is 0.247 e. The van der Waals surface area contributed by atoms with Gasteiger partial charge < -0.3 is 14.8 Å². The maximum atomic E-state index is 13.1. The molecule has 0 heterocycles. The van der Waals surface area contributed by atoms with Crippen molar-refractivity contribution in [2.45, 2.75) is 0 Å². The largest absolute Gasteiger partial charge is 0.493 e. The molecule has 0 aromatic heterocycles. The van der Waals surface area contributed by atoms with Gasteiger partial charge in [0.15, 0.2) is 17.4 Å². The number of carbonyl (C=O) groups is 1. The van der Waals surface area contributed by atoms with Crippen molar-refractivity contribution >= 4 is 35.1 Å². The van der Waals surface area contributed by atoms with Gasteiger partial charge >= 0.3 is 0 Å². The fraction of sp³-hybridized carbons (Fsp3) is 0.167. The van der Waals surface area contributed by atoms with E-state index >= 15 is 0 Å². The van der Waals surface area contributed by atoms with Gasteiger partial charge in [0.25, 0.3) is 0 Å². The molecule has 134 valence electrons. The van der Waals surface area contributed by atoms with E-state index in [0.29, 0.717) is 17.2 Å². The average Bonchev–Trinajstić information content (AvgIpc) is 2.65. The molecule has 8 heteroatoms. The topological polar surface area (TPSA) is 83.7 Å². The molecule has 1 unspecified atom stereocenters. The predicted molar refractivity (Wildman–Crippen MR) is 96.8 cm³/mol. The molecule has 0 saturated heterocycles. The highest BCUT2D eigenvalue weighted by Crippen LogP contribution is 2.31. The predicted octanol–water partition coefficient (Wildman–Crippen LogP) is 3.98. The summed E-state index contributed by atoms with van der Waals surface area (Å²) in [5.74, 6) is -1.35. The first-order chi connectivity index (χ1) is 12.5. The standard InChI is InChI=1S/C18H15ClFN3O3/c1-25-16-6-4-12(8-17(16)26-2)22-10-11(9-21)18(24)23-13-3-5-15(20)14(19)7-13/h3-8,10-11H,1-2H3,(H,23,24). The normalized spacial score (nSPS) is 11.7. The smallest absolute Gasteiger partial charge is 0.247 e. The van der Waals surface area contributed by atoms with Crippen LogP contribution in [0.15, 0.2) is 41.4 Å². The molecule has 0 aliphatic carbocycles. The number of hydrogen-bond donors (Lipinski definition) is 1. The number of halogens is 2. The Bertz CT molecular complexity index is 880. The third-order valence-corrected chi connectivity index (χ3v) is 3.64. The van der Waals surface area contributed by atoms with Gasteiger partial charge in [-0.15, -0.1) is 0 Å². The van der Waals surface area contributed by atoms with Crippen molar-refractivity contribution in [2.24, 2.45) is 10.9 Å². The van der Waals surface area contributed by atoms with Crippen LogP contribution in [0.2, 0.25) is 5.02 Å². The van der Waals surface area contributed by atoms with Crippen molar-refractivity contribution in [3.63, 3.8) is 0 Å². The zero-order chi connectivity index (χ0) is 19.1. The lowest BCUT2D eigenvalue weighted by Crippen LogP contribution is -2.22. The van der Waals surface area contributed by atoms with Gasteiger partial charge in [0.2, 0.25) is 5.91 Å². The summed E-state index contributed by atoms with van der Waals surface area (Å²) in [5, 5.41) is 11.6. The molecule has 2 aromatic rings. The Morgan fingerprint density at radius 3 is 2.62 bits per heavy atom. The summed E-state index contributed by atoms with van der Waals surface area (Å²) in [4.78, 5) is 16.3. The second-order valence-corrected chi connectivity index (χ2v) is 5.45. The van der Waals surface area contributed by atoms with E-state index in [9.17, 15) is 14.4 Å². The molecule has 2 aromatic carbocycles. The van der Waals surface area contributed by atoms with Crippen LogP contribution in [-0.4, -0.2) is 26.3 Å². The van der Waals surface area contributed by atoms with Gasteiger partial charge in [0.1, 0.15) is 5.82 Å². The zero-order valence-electron chi connectivity index (χ0n) is 14.0. The summed E-state index contributed by atoms with van der Waals surface area (Å²) in [7, 11) is 3.00. The first kappa shape index (κ1) is 19.2. The Morgan fingerprint density at radius 1 is 1.27 bits per heavy atom. The number of benzene rings is 2. The second-order valence-electron chi connectivity index (χ2n) is 5.04. The number of methoxy groups -OCH3 is 2. The van der Waals surface area contributed by atoms with Gasteiger partial charge in [-0.1, -0.05) is 11.6 Å². The minimum Gasteiger partial charge on any atom is -0.493 e. The average molecular weight is 376 g/mol. The van der Waals surface area contributed by atoms with E-state index in [0.717, 1.165) is 6.07 Å². The molecule has 6 nitrogen and oxygen atoms in total. The van der Waals surface area contributed by atoms with E-state index in [4.69, 9.17) is 21.1 Å². The van der Waals surface area contributed by atoms with Crippen LogP contribution in [0.1, 0.15) is 0 Å². The lowest BCUT2D eigenvalue weighted by atomic mass is 10.1. The fourth-order valence-electron chi connectivity index (χ4n) is 2.02. The molecule has 0 fully saturated rings. The minimum absolute atomic E-state index is 0.129. The molecule has 1 amide bonds. The molecular weight excluding hydrogens is 361 g/mol. The van der Waals surface area contributed by atoms with Crippen molar-refractivity contribution in [2.75, 3.05) is 19.5 Å². The van der Waals surface area contributed by atoms with Crippen LogP contribution in [-0.2, 0) is 4.79 Å². The summed E-state index contributed by atoms with van der Waals surface area (Å²) in [6.07, 6.45) is 1.21. The first-order valence-electron chi connectivity index (χ1n) is 7.40. The van der Waals surface area contributed by atoms with E-state index in [1.54, 1.807) is 18.2 Å². The Morgan fingerprint density at radius 2 is 2.00 bits per heavy atom. The third-order valence-electron chi connectivity index (χ3n) is 3.35. The van der Waals surface area contributed by atoms with Crippen molar-refractivity contribution in [1.82, 2.24) is 0 Å². The van der Waals surface area contributed by atoms with Gasteiger partial charge in [-0.2, -0.15) is 5.26 Å². The van der Waals surface area contributed by atoms with E-state index in [2.05, 4.69) is 10.3 Å². The molecule has 26 heavy (non-hydrogen) atoms. The number of aliphatic imine (C=N–C) groups is 1. The van der Waals surface area contributed by atoms with Crippen LogP contribution >= 0.6 is 11.6 Å². The third kappa shape index (κ3) is 4.71. The lowest BCUT2D eigenvalue weighted by Gasteiger charge is -2.08. The summed E-state index contributed by atoms with van der Waals surface area (Å²) in [6.45, 7) is 0. The minimum atomic E-state index is -1.15. The number of carbonyl (C=O) groups excluding carboxylic acids is 1. The molecule has 0 aliphatic heterocycles. The Balaban J connectivity index is 2.12. The van der Waals surface area contributed by atoms with Gasteiger partial charge in [0, 0.05) is 18.0 Å². The van der Waals surface area contributed by atoms with Crippen LogP contribution in [0.5, 0.6) is 11.5 Å². The van der Waals surface area contributed by atoms with Crippen molar-refractivity contribution in [3.8, 4) is 17.6 Å². The first-order valence-corrected chi connectivity index (χ1v) is 7.78. The number of amides is 1. The summed E-state index contributed by atoms with van der Waals surface area (Å²) >= 11 is 5.67. The van der Waals surface area contributed by atoms with E-state index < -0.39 is 17.6 Å². The van der Waals surface area contributed by atoms with Gasteiger partial charge in [-0.3, -0.25) is 9.79 Å². The Kier molecular flexibility index (Phi) is 6.53. The van der Waals surface area contributed by atoms with Crippen LogP contribution < -0.4 is 14.8 Å². The maximum absolute atomic E-state index is 13.1. The van der Waals surface area contributed by atoms with E-state index in [1.807, 2.05) is 6.07 Å². The number of nitrogens with one attached hydrogen (secondary N) is 1. The summed E-state index contributed by atoms with van der Waals surface area (Å²) in [6, 6.07) is 10.5. The molecule has 0 aliphatic rings. The van der Waals surface area contributed by atoms with Crippen LogP contribution in [0, 0.1) is 23.1 Å². The molecule has 1 N–H and O–H groups in total. The number of nitrogens with zero attached hydrogens (tertiary/aromatic N) is 2. The van der Waals surface area contributed by atoms with Gasteiger partial charge in [-0.05, 0) is 30.3 Å². The van der Waals surface area contributed by atoms with E-state index in [-0.39, 0.29) is 10.7 Å². The molecule has 1 atom stereocenters. The van der Waals surface area contributed by atoms with Crippen molar-refractivity contribution < 1.29 is 18.7 Å². The number of ether oxygens (including phenoxy) is 2.